The van der Waals surface area contributed by atoms with Crippen LogP contribution in [-0.4, -0.2) is 59.8 Å². The van der Waals surface area contributed by atoms with E-state index in [0.717, 1.165) is 11.9 Å². The highest BCUT2D eigenvalue weighted by molar-refractivity contribution is 8.01. The molecule has 13 heteroatoms. The fraction of sp³-hybridized carbons (Fsp3) is 0.571. The van der Waals surface area contributed by atoms with Crippen molar-refractivity contribution in [1.82, 2.24) is 20.0 Å². The number of aromatic nitrogens is 2. The molecule has 8 nitrogen and oxygen atoms in total. The second-order valence-corrected chi connectivity index (χ2v) is 8.83. The number of aryl methyl sites for hydroxylation is 1. The topological polar surface area (TPSA) is 105 Å². The molecule has 3 heterocycles. The normalized spacial score (nSPS) is 26.6. The number of β-lactam (4-membered cyclic amide) rings is 1. The van der Waals surface area contributed by atoms with Crippen molar-refractivity contribution in [3.05, 3.63) is 16.4 Å². The van der Waals surface area contributed by atoms with Gasteiger partial charge in [0.15, 0.2) is 5.69 Å². The molecule has 0 aliphatic carbocycles. The third kappa shape index (κ3) is 2.94. The summed E-state index contributed by atoms with van der Waals surface area (Å²) in [5, 5.41) is 13.4. The Balaban J connectivity index is 1.83. The maximum absolute atomic E-state index is 12.9. The Labute approximate surface area is 160 Å². The van der Waals surface area contributed by atoms with Crippen LogP contribution in [0.25, 0.3) is 0 Å². The number of carbonyl (C=O) groups is 3. The summed E-state index contributed by atoms with van der Waals surface area (Å²) >= 11 is 6.86. The molecule has 0 radical (unpaired) electrons. The van der Waals surface area contributed by atoms with Gasteiger partial charge < -0.3 is 15.3 Å². The first-order valence-corrected chi connectivity index (χ1v) is 8.86. The molecule has 1 aromatic rings. The molecule has 2 fully saturated rings. The van der Waals surface area contributed by atoms with E-state index in [4.69, 9.17) is 11.6 Å². The Kier molecular flexibility index (Phi) is 4.42. The maximum atomic E-state index is 12.9. The third-order valence-electron chi connectivity index (χ3n) is 4.43. The monoisotopic (exact) mass is 426 g/mol. The van der Waals surface area contributed by atoms with Crippen molar-refractivity contribution in [2.45, 2.75) is 42.2 Å². The predicted octanol–water partition coefficient (Wildman–Crippen LogP) is 1.34. The number of aliphatic carboxylic acids is 1. The maximum Gasteiger partial charge on any atom is 0.436 e. The quantitative estimate of drug-likeness (QED) is 0.707. The van der Waals surface area contributed by atoms with E-state index < -0.39 is 62.6 Å². The minimum absolute atomic E-state index is 0.535. The number of halogens is 4. The average molecular weight is 427 g/mol. The molecule has 1 aromatic heterocycles. The lowest BCUT2D eigenvalue weighted by Crippen LogP contribution is -2.70. The number of thioether (sulfide) groups is 1. The SMILES string of the molecule is Cn1nc(C(F)(F)F)c(Cl)c1C(=O)NC1C(=O)N2C1SC(C)(C)C2C(=O)O. The highest BCUT2D eigenvalue weighted by Crippen LogP contribution is 2.50. The van der Waals surface area contributed by atoms with Crippen LogP contribution in [0.2, 0.25) is 5.02 Å². The fourth-order valence-corrected chi connectivity index (χ4v) is 5.26. The summed E-state index contributed by atoms with van der Waals surface area (Å²) < 4.78 is 38.5. The summed E-state index contributed by atoms with van der Waals surface area (Å²) in [5.41, 5.74) is -1.94. The van der Waals surface area contributed by atoms with E-state index in [1.54, 1.807) is 13.8 Å². The van der Waals surface area contributed by atoms with E-state index in [9.17, 15) is 32.7 Å². The molecule has 0 spiro atoms. The number of fused-ring (bicyclic) bond motifs is 1. The van der Waals surface area contributed by atoms with Crippen LogP contribution in [0.5, 0.6) is 0 Å². The van der Waals surface area contributed by atoms with Crippen LogP contribution < -0.4 is 5.32 Å². The number of hydrogen-bond acceptors (Lipinski definition) is 5. The number of carboxylic acid groups (broad SMARTS) is 1. The summed E-state index contributed by atoms with van der Waals surface area (Å²) in [6.45, 7) is 3.32. The Morgan fingerprint density at radius 2 is 1.96 bits per heavy atom. The molecule has 2 aliphatic heterocycles. The molecule has 27 heavy (non-hydrogen) atoms. The van der Waals surface area contributed by atoms with E-state index in [2.05, 4.69) is 10.4 Å². The summed E-state index contributed by atoms with van der Waals surface area (Å²) in [5.74, 6) is -2.79. The number of nitrogens with one attached hydrogen (secondary N) is 1. The van der Waals surface area contributed by atoms with Crippen LogP contribution in [-0.2, 0) is 22.8 Å². The van der Waals surface area contributed by atoms with Gasteiger partial charge in [0, 0.05) is 11.8 Å². The van der Waals surface area contributed by atoms with Crippen molar-refractivity contribution in [2.24, 2.45) is 7.05 Å². The van der Waals surface area contributed by atoms with Crippen molar-refractivity contribution >= 4 is 41.1 Å². The van der Waals surface area contributed by atoms with Gasteiger partial charge >= 0.3 is 12.1 Å². The molecule has 2 aliphatic rings. The zero-order chi connectivity index (χ0) is 20.5. The number of rotatable bonds is 3. The van der Waals surface area contributed by atoms with Crippen molar-refractivity contribution < 1.29 is 32.7 Å². The molecule has 3 unspecified atom stereocenters. The van der Waals surface area contributed by atoms with Gasteiger partial charge in [0.25, 0.3) is 5.91 Å². The van der Waals surface area contributed by atoms with Crippen molar-refractivity contribution in [3.63, 3.8) is 0 Å². The molecule has 0 bridgehead atoms. The van der Waals surface area contributed by atoms with Gasteiger partial charge in [-0.05, 0) is 13.8 Å². The van der Waals surface area contributed by atoms with Gasteiger partial charge in [-0.15, -0.1) is 11.8 Å². The Morgan fingerprint density at radius 3 is 2.44 bits per heavy atom. The Hall–Kier alpha value is -1.95. The molecule has 0 aromatic carbocycles. The predicted molar refractivity (Wildman–Crippen MR) is 88.2 cm³/mol. The number of hydrogen-bond donors (Lipinski definition) is 2. The van der Waals surface area contributed by atoms with Gasteiger partial charge in [0.05, 0.1) is 0 Å². The van der Waals surface area contributed by atoms with Crippen LogP contribution in [0.15, 0.2) is 0 Å². The number of carboxylic acids is 1. The van der Waals surface area contributed by atoms with Gasteiger partial charge in [-0.3, -0.25) is 14.3 Å². The molecule has 2 amide bonds. The van der Waals surface area contributed by atoms with Crippen LogP contribution in [0.3, 0.4) is 0 Å². The second-order valence-electron chi connectivity index (χ2n) is 6.68. The van der Waals surface area contributed by atoms with E-state index in [-0.39, 0.29) is 0 Å². The van der Waals surface area contributed by atoms with Crippen LogP contribution in [0.1, 0.15) is 30.0 Å². The minimum atomic E-state index is -4.84. The third-order valence-corrected chi connectivity index (χ3v) is 6.36. The van der Waals surface area contributed by atoms with Crippen LogP contribution in [0.4, 0.5) is 13.2 Å². The zero-order valence-electron chi connectivity index (χ0n) is 14.2. The van der Waals surface area contributed by atoms with E-state index >= 15 is 0 Å². The summed E-state index contributed by atoms with van der Waals surface area (Å²) in [6.07, 6.45) is -4.84. The van der Waals surface area contributed by atoms with E-state index in [1.165, 1.54) is 11.8 Å². The first-order valence-electron chi connectivity index (χ1n) is 7.60. The molecule has 3 rings (SSSR count). The first-order chi connectivity index (χ1) is 12.3. The van der Waals surface area contributed by atoms with Gasteiger partial charge in [-0.25, -0.2) is 4.79 Å². The zero-order valence-corrected chi connectivity index (χ0v) is 15.7. The molecule has 0 saturated carbocycles. The van der Waals surface area contributed by atoms with E-state index in [1.807, 2.05) is 0 Å². The van der Waals surface area contributed by atoms with Crippen molar-refractivity contribution in [3.8, 4) is 0 Å². The molecule has 3 atom stereocenters. The Bertz CT molecular complexity index is 856. The lowest BCUT2D eigenvalue weighted by atomic mass is 9.96. The minimum Gasteiger partial charge on any atom is -0.480 e. The summed E-state index contributed by atoms with van der Waals surface area (Å²) in [7, 11) is 1.12. The van der Waals surface area contributed by atoms with Crippen molar-refractivity contribution in [2.75, 3.05) is 0 Å². The molecular formula is C14H14ClF3N4O4S. The fourth-order valence-electron chi connectivity index (χ4n) is 3.28. The molecule has 148 valence electrons. The summed E-state index contributed by atoms with van der Waals surface area (Å²) in [6, 6.07) is -2.13. The number of alkyl halides is 3. The van der Waals surface area contributed by atoms with Crippen LogP contribution in [0, 0.1) is 0 Å². The number of amides is 2. The Morgan fingerprint density at radius 1 is 1.37 bits per heavy atom. The highest BCUT2D eigenvalue weighted by Gasteiger charge is 2.64. The number of carbonyl (C=O) groups excluding carboxylic acids is 2. The first kappa shape index (κ1) is 19.8. The summed E-state index contributed by atoms with van der Waals surface area (Å²) in [4.78, 5) is 37.4. The average Bonchev–Trinajstić information content (AvgIpc) is 2.95. The van der Waals surface area contributed by atoms with Crippen LogP contribution >= 0.6 is 23.4 Å². The lowest BCUT2D eigenvalue weighted by Gasteiger charge is -2.43. The van der Waals surface area contributed by atoms with Crippen molar-refractivity contribution in [1.29, 1.82) is 0 Å². The molecule has 2 N–H and O–H groups in total. The van der Waals surface area contributed by atoms with Gasteiger partial charge in [-0.1, -0.05) is 11.6 Å². The largest absolute Gasteiger partial charge is 0.480 e. The lowest BCUT2D eigenvalue weighted by molar-refractivity contribution is -0.159. The number of nitrogens with zero attached hydrogens (tertiary/aromatic N) is 3. The van der Waals surface area contributed by atoms with Gasteiger partial charge in [0.1, 0.15) is 28.2 Å². The molecular weight excluding hydrogens is 413 g/mol. The highest BCUT2D eigenvalue weighted by atomic mass is 35.5. The van der Waals surface area contributed by atoms with Gasteiger partial charge in [-0.2, -0.15) is 18.3 Å². The molecule has 2 saturated heterocycles. The van der Waals surface area contributed by atoms with E-state index in [0.29, 0.717) is 4.68 Å². The smallest absolute Gasteiger partial charge is 0.436 e. The van der Waals surface area contributed by atoms with Gasteiger partial charge in [0.2, 0.25) is 5.91 Å². The second kappa shape index (κ2) is 6.03. The standard InChI is InChI=1S/C14H14ClF3N4O4S/c1-13(2)8(12(25)26)22-10(24)5(11(22)27-13)19-9(23)6-4(15)7(14(16,17)18)20-21(6)3/h5,8,11H,1-3H3,(H,19,23)(H,25,26).